The average Bonchev–Trinajstić information content (AvgIpc) is 2.76. The number of nitrogens with zero attached hydrogens (tertiary/aromatic N) is 3. The van der Waals surface area contributed by atoms with Crippen LogP contribution in [0, 0.1) is 0 Å². The average molecular weight is 408 g/mol. The number of ether oxygens (including phenoxy) is 1. The van der Waals surface area contributed by atoms with Gasteiger partial charge in [0.05, 0.1) is 12.1 Å². The summed E-state index contributed by atoms with van der Waals surface area (Å²) in [5, 5.41) is 7.51. The van der Waals surface area contributed by atoms with Crippen LogP contribution >= 0.6 is 0 Å². The summed E-state index contributed by atoms with van der Waals surface area (Å²) < 4.78 is 5.75. The first kappa shape index (κ1) is 21.5. The van der Waals surface area contributed by atoms with Gasteiger partial charge in [0.25, 0.3) is 5.91 Å². The Bertz CT molecular complexity index is 964. The molecule has 3 aromatic rings. The van der Waals surface area contributed by atoms with E-state index in [1.54, 1.807) is 18.9 Å². The zero-order valence-corrected chi connectivity index (χ0v) is 17.8. The number of rotatable bonds is 10. The van der Waals surface area contributed by atoms with Crippen molar-refractivity contribution in [2.45, 2.75) is 26.0 Å². The van der Waals surface area contributed by atoms with Gasteiger partial charge in [-0.2, -0.15) is 0 Å². The molecule has 0 aliphatic carbocycles. The van der Waals surface area contributed by atoms with Crippen molar-refractivity contribution in [3.63, 3.8) is 0 Å². The van der Waals surface area contributed by atoms with Crippen LogP contribution in [-0.4, -0.2) is 54.1 Å². The Morgan fingerprint density at radius 3 is 2.57 bits per heavy atom. The maximum atomic E-state index is 12.8. The lowest BCUT2D eigenvalue weighted by Gasteiger charge is -2.22. The van der Waals surface area contributed by atoms with Crippen LogP contribution in [0.1, 0.15) is 19.2 Å². The van der Waals surface area contributed by atoms with Crippen LogP contribution in [0.3, 0.4) is 0 Å². The van der Waals surface area contributed by atoms with Crippen LogP contribution in [0.2, 0.25) is 0 Å². The minimum Gasteiger partial charge on any atom is -0.481 e. The minimum atomic E-state index is -0.600. The van der Waals surface area contributed by atoms with Crippen molar-refractivity contribution in [3.8, 4) is 5.75 Å². The summed E-state index contributed by atoms with van der Waals surface area (Å²) in [4.78, 5) is 23.7. The van der Waals surface area contributed by atoms with E-state index >= 15 is 0 Å². The quantitative estimate of drug-likeness (QED) is 0.503. The molecule has 0 saturated heterocycles. The summed E-state index contributed by atoms with van der Waals surface area (Å²) >= 11 is 0. The van der Waals surface area contributed by atoms with E-state index in [1.165, 1.54) is 0 Å². The molecule has 0 aliphatic rings. The van der Waals surface area contributed by atoms with Gasteiger partial charge in [-0.25, -0.2) is 9.97 Å². The van der Waals surface area contributed by atoms with E-state index in [2.05, 4.69) is 20.6 Å². The van der Waals surface area contributed by atoms with Crippen molar-refractivity contribution in [1.82, 2.24) is 20.2 Å². The highest BCUT2D eigenvalue weighted by Gasteiger charge is 2.20. The number of carbonyl (C=O) groups excluding carboxylic acids is 1. The number of fused-ring (bicyclic) bond motifs is 1. The highest BCUT2D eigenvalue weighted by molar-refractivity contribution is 5.89. The van der Waals surface area contributed by atoms with Gasteiger partial charge < -0.3 is 20.3 Å². The molecule has 3 rings (SSSR count). The van der Waals surface area contributed by atoms with Crippen LogP contribution in [0.4, 0.5) is 5.82 Å². The molecule has 1 atom stereocenters. The second kappa shape index (κ2) is 10.5. The van der Waals surface area contributed by atoms with Gasteiger partial charge in [0, 0.05) is 19.0 Å². The molecule has 0 radical (unpaired) electrons. The number of amides is 1. The standard InChI is InChI=1S/C23H29N5O2/c1-17(30-18-10-5-4-6-11-18)23(29)28(3)16-21-26-20-13-8-7-12-19(20)22(27-21)25-15-9-14-24-2/h4-8,10-13,17,24H,9,14-16H2,1-3H3,(H,25,26,27). The molecule has 30 heavy (non-hydrogen) atoms. The lowest BCUT2D eigenvalue weighted by molar-refractivity contribution is -0.137. The summed E-state index contributed by atoms with van der Waals surface area (Å²) in [6.45, 7) is 3.79. The van der Waals surface area contributed by atoms with Crippen molar-refractivity contribution >= 4 is 22.6 Å². The molecule has 0 bridgehead atoms. The molecule has 1 amide bonds. The highest BCUT2D eigenvalue weighted by atomic mass is 16.5. The van der Waals surface area contributed by atoms with Crippen molar-refractivity contribution in [3.05, 3.63) is 60.4 Å². The zero-order chi connectivity index (χ0) is 21.3. The summed E-state index contributed by atoms with van der Waals surface area (Å²) in [5.41, 5.74) is 0.855. The molecule has 1 aromatic heterocycles. The number of hydrogen-bond acceptors (Lipinski definition) is 6. The molecule has 2 N–H and O–H groups in total. The Morgan fingerprint density at radius 2 is 1.80 bits per heavy atom. The number of likely N-dealkylation sites (N-methyl/N-ethyl adjacent to an activating group) is 1. The maximum Gasteiger partial charge on any atom is 0.263 e. The first-order chi connectivity index (χ1) is 14.6. The first-order valence-corrected chi connectivity index (χ1v) is 10.2. The van der Waals surface area contributed by atoms with Crippen LogP contribution < -0.4 is 15.4 Å². The Morgan fingerprint density at radius 1 is 1.07 bits per heavy atom. The lowest BCUT2D eigenvalue weighted by atomic mass is 10.2. The van der Waals surface area contributed by atoms with Gasteiger partial charge in [0.1, 0.15) is 11.6 Å². The van der Waals surface area contributed by atoms with E-state index in [-0.39, 0.29) is 5.91 Å². The van der Waals surface area contributed by atoms with Crippen molar-refractivity contribution < 1.29 is 9.53 Å². The zero-order valence-electron chi connectivity index (χ0n) is 17.8. The fraction of sp³-hybridized carbons (Fsp3) is 0.348. The van der Waals surface area contributed by atoms with Gasteiger partial charge in [0.2, 0.25) is 0 Å². The maximum absolute atomic E-state index is 12.8. The van der Waals surface area contributed by atoms with E-state index < -0.39 is 6.10 Å². The smallest absolute Gasteiger partial charge is 0.263 e. The number of nitrogens with one attached hydrogen (secondary N) is 2. The van der Waals surface area contributed by atoms with Crippen molar-refractivity contribution in [2.75, 3.05) is 32.5 Å². The highest BCUT2D eigenvalue weighted by Crippen LogP contribution is 2.21. The predicted octanol–water partition coefficient (Wildman–Crippen LogP) is 3.08. The van der Waals surface area contributed by atoms with Crippen LogP contribution in [0.15, 0.2) is 54.6 Å². The van der Waals surface area contributed by atoms with Crippen molar-refractivity contribution in [2.24, 2.45) is 0 Å². The van der Waals surface area contributed by atoms with Gasteiger partial charge in [-0.1, -0.05) is 30.3 Å². The third-order valence-electron chi connectivity index (χ3n) is 4.70. The molecule has 0 spiro atoms. The SMILES string of the molecule is CNCCCNc1nc(CN(C)C(=O)C(C)Oc2ccccc2)nc2ccccc12. The molecule has 0 saturated carbocycles. The van der Waals surface area contributed by atoms with E-state index in [9.17, 15) is 4.79 Å². The van der Waals surface area contributed by atoms with Crippen molar-refractivity contribution in [1.29, 1.82) is 0 Å². The van der Waals surface area contributed by atoms with Gasteiger partial charge in [-0.3, -0.25) is 4.79 Å². The van der Waals surface area contributed by atoms with Gasteiger partial charge >= 0.3 is 0 Å². The van der Waals surface area contributed by atoms with Gasteiger partial charge in [-0.15, -0.1) is 0 Å². The summed E-state index contributed by atoms with van der Waals surface area (Å²) in [6.07, 6.45) is 0.383. The topological polar surface area (TPSA) is 79.4 Å². The Balaban J connectivity index is 1.71. The van der Waals surface area contributed by atoms with Gasteiger partial charge in [0.15, 0.2) is 11.9 Å². The summed E-state index contributed by atoms with van der Waals surface area (Å²) in [7, 11) is 3.68. The summed E-state index contributed by atoms with van der Waals surface area (Å²) in [6, 6.07) is 17.2. The number of para-hydroxylation sites is 2. The molecule has 1 heterocycles. The van der Waals surface area contributed by atoms with E-state index in [0.717, 1.165) is 36.2 Å². The van der Waals surface area contributed by atoms with Crippen LogP contribution in [0.5, 0.6) is 5.75 Å². The number of hydrogen-bond donors (Lipinski definition) is 2. The summed E-state index contributed by atoms with van der Waals surface area (Å²) in [5.74, 6) is 1.93. The minimum absolute atomic E-state index is 0.126. The molecule has 7 nitrogen and oxygen atoms in total. The van der Waals surface area contributed by atoms with Gasteiger partial charge in [-0.05, 0) is 51.2 Å². The Labute approximate surface area is 177 Å². The van der Waals surface area contributed by atoms with E-state index in [1.807, 2.05) is 61.6 Å². The second-order valence-corrected chi connectivity index (χ2v) is 7.16. The molecule has 2 aromatic carbocycles. The number of aromatic nitrogens is 2. The number of anilines is 1. The first-order valence-electron chi connectivity index (χ1n) is 10.2. The molecule has 7 heteroatoms. The monoisotopic (exact) mass is 407 g/mol. The largest absolute Gasteiger partial charge is 0.481 e. The molecule has 0 fully saturated rings. The van der Waals surface area contributed by atoms with Crippen LogP contribution in [-0.2, 0) is 11.3 Å². The second-order valence-electron chi connectivity index (χ2n) is 7.16. The molecular weight excluding hydrogens is 378 g/mol. The normalized spacial score (nSPS) is 11.8. The fourth-order valence-corrected chi connectivity index (χ4v) is 3.16. The lowest BCUT2D eigenvalue weighted by Crippen LogP contribution is -2.37. The molecular formula is C23H29N5O2. The van der Waals surface area contributed by atoms with E-state index in [4.69, 9.17) is 4.74 Å². The fourth-order valence-electron chi connectivity index (χ4n) is 3.16. The predicted molar refractivity (Wildman–Crippen MR) is 120 cm³/mol. The molecule has 0 aliphatic heterocycles. The van der Waals surface area contributed by atoms with Crippen LogP contribution in [0.25, 0.3) is 10.9 Å². The number of carbonyl (C=O) groups is 1. The third kappa shape index (κ3) is 5.67. The molecule has 1 unspecified atom stereocenters. The molecule has 158 valence electrons. The Hall–Kier alpha value is -3.19. The third-order valence-corrected chi connectivity index (χ3v) is 4.70. The number of benzene rings is 2. The Kier molecular flexibility index (Phi) is 7.57. The van der Waals surface area contributed by atoms with E-state index in [0.29, 0.717) is 18.1 Å².